The quantitative estimate of drug-likeness (QED) is 0.0334. The average molecular weight is 739 g/mol. The highest BCUT2D eigenvalue weighted by atomic mass is 16.3. The summed E-state index contributed by atoms with van der Waals surface area (Å²) in [5.41, 5.74) is 28.2. The van der Waals surface area contributed by atoms with E-state index in [0.29, 0.717) is 5.56 Å². The largest absolute Gasteiger partial charge is 0.508 e. The van der Waals surface area contributed by atoms with Crippen LogP contribution in [0.4, 0.5) is 0 Å². The monoisotopic (exact) mass is 738 g/mol. The highest BCUT2D eigenvalue weighted by Crippen LogP contribution is 2.13. The molecule has 18 nitrogen and oxygen atoms in total. The highest BCUT2D eigenvalue weighted by Gasteiger charge is 2.32. The molecule has 0 saturated carbocycles. The van der Waals surface area contributed by atoms with Gasteiger partial charge in [-0.1, -0.05) is 49.4 Å². The molecule has 15 N–H and O–H groups in total. The van der Waals surface area contributed by atoms with Gasteiger partial charge in [-0.3, -0.25) is 38.6 Å². The van der Waals surface area contributed by atoms with Crippen molar-refractivity contribution in [1.82, 2.24) is 21.3 Å². The van der Waals surface area contributed by atoms with Gasteiger partial charge in [0, 0.05) is 38.1 Å². The number of guanidine groups is 1. The maximum absolute atomic E-state index is 14.0. The molecule has 18 heteroatoms. The number of nitrogens with one attached hydrogen (secondary N) is 4. The van der Waals surface area contributed by atoms with Gasteiger partial charge in [0.15, 0.2) is 5.96 Å². The number of aromatic hydroxyl groups is 1. The van der Waals surface area contributed by atoms with Crippen LogP contribution in [0.15, 0.2) is 59.6 Å². The third-order valence-corrected chi connectivity index (χ3v) is 8.11. The lowest BCUT2D eigenvalue weighted by atomic mass is 10.0. The lowest BCUT2D eigenvalue weighted by Gasteiger charge is -2.27. The number of nitrogens with two attached hydrogens (primary N) is 5. The fourth-order valence-corrected chi connectivity index (χ4v) is 5.10. The van der Waals surface area contributed by atoms with Gasteiger partial charge in [-0.25, -0.2) is 0 Å². The van der Waals surface area contributed by atoms with E-state index >= 15 is 0 Å². The van der Waals surface area contributed by atoms with Crippen LogP contribution in [0, 0.1) is 5.92 Å². The van der Waals surface area contributed by atoms with Crippen LogP contribution in [-0.2, 0) is 46.4 Å². The Morgan fingerprint density at radius 2 is 1.08 bits per heavy atom. The van der Waals surface area contributed by atoms with Crippen molar-refractivity contribution in [2.75, 3.05) is 6.54 Å². The maximum atomic E-state index is 14.0. The van der Waals surface area contributed by atoms with E-state index < -0.39 is 71.4 Å². The van der Waals surface area contributed by atoms with Crippen LogP contribution in [-0.4, -0.2) is 83.1 Å². The normalized spacial score (nSPS) is 13.5. The molecule has 0 radical (unpaired) electrons. The van der Waals surface area contributed by atoms with Gasteiger partial charge in [0.25, 0.3) is 0 Å². The summed E-state index contributed by atoms with van der Waals surface area (Å²) in [5.74, 6) is -6.12. The van der Waals surface area contributed by atoms with E-state index in [4.69, 9.17) is 28.7 Å². The number of primary amides is 3. The van der Waals surface area contributed by atoms with E-state index in [1.807, 2.05) is 0 Å². The number of hydrogen-bond donors (Lipinski definition) is 10. The average Bonchev–Trinajstić information content (AvgIpc) is 3.10. The molecule has 0 aliphatic heterocycles. The summed E-state index contributed by atoms with van der Waals surface area (Å²) >= 11 is 0. The van der Waals surface area contributed by atoms with E-state index in [9.17, 15) is 38.7 Å². The number of phenols is 1. The Kier molecular flexibility index (Phi) is 17.7. The Bertz CT molecular complexity index is 1600. The van der Waals surface area contributed by atoms with Crippen LogP contribution < -0.4 is 49.9 Å². The van der Waals surface area contributed by atoms with Crippen molar-refractivity contribution < 1.29 is 38.7 Å². The van der Waals surface area contributed by atoms with Gasteiger partial charge in [-0.15, -0.1) is 0 Å². The second kappa shape index (κ2) is 21.9. The lowest BCUT2D eigenvalue weighted by molar-refractivity contribution is -0.135. The van der Waals surface area contributed by atoms with Crippen molar-refractivity contribution in [3.05, 3.63) is 65.7 Å². The number of rotatable bonds is 23. The van der Waals surface area contributed by atoms with Crippen LogP contribution in [0.2, 0.25) is 0 Å². The van der Waals surface area contributed by atoms with E-state index in [-0.39, 0.29) is 69.6 Å². The summed E-state index contributed by atoms with van der Waals surface area (Å²) < 4.78 is 0. The van der Waals surface area contributed by atoms with Gasteiger partial charge >= 0.3 is 0 Å². The molecule has 2 aromatic carbocycles. The number of nitrogens with zero attached hydrogens (tertiary/aromatic N) is 1. The summed E-state index contributed by atoms with van der Waals surface area (Å²) in [7, 11) is 0. The molecule has 5 atom stereocenters. The van der Waals surface area contributed by atoms with E-state index in [2.05, 4.69) is 26.3 Å². The third kappa shape index (κ3) is 16.6. The fraction of sp³-hybridized carbons (Fsp3) is 0.429. The SMILES string of the molecule is C[C@@H](CCC(N)=O)C(=O)N[C@@H](CCC(N)=O)C(=O)N[C@@H](Cc1ccc(O)cc1)C(=O)N[C@@H](CCCN=C(N)N)C(=O)N[C@@H](Cc1ccccc1)C(N)=O. The highest BCUT2D eigenvalue weighted by molar-refractivity contribution is 5.96. The summed E-state index contributed by atoms with van der Waals surface area (Å²) in [6.07, 6.45) is -0.300. The van der Waals surface area contributed by atoms with Crippen LogP contribution in [0.3, 0.4) is 0 Å². The van der Waals surface area contributed by atoms with Gasteiger partial charge in [0.05, 0.1) is 0 Å². The summed E-state index contributed by atoms with van der Waals surface area (Å²) in [4.78, 5) is 93.3. The Labute approximate surface area is 307 Å². The van der Waals surface area contributed by atoms with Gasteiger partial charge in [-0.2, -0.15) is 0 Å². The molecular formula is C35H50N10O8. The molecule has 53 heavy (non-hydrogen) atoms. The predicted molar refractivity (Wildman–Crippen MR) is 195 cm³/mol. The number of aliphatic imine (C=N–C) groups is 1. The Morgan fingerprint density at radius 3 is 1.64 bits per heavy atom. The molecule has 2 rings (SSSR count). The van der Waals surface area contributed by atoms with Crippen molar-refractivity contribution in [3.63, 3.8) is 0 Å². The standard InChI is InChI=1S/C35H50N10O8/c1-20(9-15-28(36)47)31(50)42-25(14-16-29(37)48)33(52)45-27(19-22-10-12-23(46)13-11-22)34(53)43-24(8-5-17-41-35(39)40)32(51)44-26(30(38)49)18-21-6-3-2-4-7-21/h2-4,6-7,10-13,20,24-27,46H,5,8-9,14-19H2,1H3,(H2,36,47)(H2,37,48)(H2,38,49)(H,42,50)(H,43,53)(H,44,51)(H,45,52)(H4,39,40,41)/t20-,24-,25-,26-,27-/m0/s1. The number of benzene rings is 2. The topological polar surface area (TPSA) is 330 Å². The Balaban J connectivity index is 2.39. The predicted octanol–water partition coefficient (Wildman–Crippen LogP) is -2.18. The summed E-state index contributed by atoms with van der Waals surface area (Å²) in [6, 6.07) is 9.56. The molecule has 7 amide bonds. The first kappa shape index (κ1) is 43.0. The molecule has 2 aromatic rings. The second-order valence-electron chi connectivity index (χ2n) is 12.6. The third-order valence-electron chi connectivity index (χ3n) is 8.11. The molecule has 0 saturated heterocycles. The molecule has 288 valence electrons. The first-order chi connectivity index (χ1) is 25.0. The first-order valence-electron chi connectivity index (χ1n) is 17.0. The minimum atomic E-state index is -1.36. The fourth-order valence-electron chi connectivity index (χ4n) is 5.10. The summed E-state index contributed by atoms with van der Waals surface area (Å²) in [6.45, 7) is 1.64. The number of hydrogen-bond acceptors (Lipinski definition) is 9. The minimum Gasteiger partial charge on any atom is -0.508 e. The molecule has 0 fully saturated rings. The number of phenolic OH excluding ortho intramolecular Hbond substituents is 1. The van der Waals surface area contributed by atoms with Crippen molar-refractivity contribution >= 4 is 47.3 Å². The molecule has 0 aliphatic rings. The van der Waals surface area contributed by atoms with Crippen LogP contribution in [0.1, 0.15) is 56.6 Å². The number of carbonyl (C=O) groups excluding carboxylic acids is 7. The van der Waals surface area contributed by atoms with Gasteiger partial charge in [0.2, 0.25) is 41.4 Å². The van der Waals surface area contributed by atoms with Gasteiger partial charge in [-0.05, 0) is 48.9 Å². The molecule has 0 unspecified atom stereocenters. The number of carbonyl (C=O) groups is 7. The zero-order valence-corrected chi connectivity index (χ0v) is 29.6. The van der Waals surface area contributed by atoms with Crippen LogP contribution in [0.25, 0.3) is 0 Å². The molecule has 0 aromatic heterocycles. The van der Waals surface area contributed by atoms with Crippen LogP contribution in [0.5, 0.6) is 5.75 Å². The zero-order chi connectivity index (χ0) is 39.5. The van der Waals surface area contributed by atoms with Gasteiger partial charge in [0.1, 0.15) is 29.9 Å². The lowest BCUT2D eigenvalue weighted by Crippen LogP contribution is -2.59. The molecule has 0 heterocycles. The molecule has 0 bridgehead atoms. The Hall–Kier alpha value is -6.20. The smallest absolute Gasteiger partial charge is 0.243 e. The maximum Gasteiger partial charge on any atom is 0.243 e. The number of amides is 7. The van der Waals surface area contributed by atoms with Crippen molar-refractivity contribution in [2.24, 2.45) is 39.6 Å². The summed E-state index contributed by atoms with van der Waals surface area (Å²) in [5, 5.41) is 20.2. The molecular weight excluding hydrogens is 688 g/mol. The van der Waals surface area contributed by atoms with Crippen molar-refractivity contribution in [1.29, 1.82) is 0 Å². The van der Waals surface area contributed by atoms with Crippen LogP contribution >= 0.6 is 0 Å². The van der Waals surface area contributed by atoms with E-state index in [1.54, 1.807) is 30.3 Å². The Morgan fingerprint density at radius 1 is 0.604 bits per heavy atom. The first-order valence-corrected chi connectivity index (χ1v) is 17.0. The minimum absolute atomic E-state index is 0.00549. The second-order valence-corrected chi connectivity index (χ2v) is 12.6. The molecule has 0 aliphatic carbocycles. The zero-order valence-electron chi connectivity index (χ0n) is 29.6. The van der Waals surface area contributed by atoms with E-state index in [1.165, 1.54) is 31.2 Å². The van der Waals surface area contributed by atoms with E-state index in [0.717, 1.165) is 5.56 Å². The molecule has 0 spiro atoms. The van der Waals surface area contributed by atoms with Crippen molar-refractivity contribution in [2.45, 2.75) is 82.5 Å². The van der Waals surface area contributed by atoms with Crippen molar-refractivity contribution in [3.8, 4) is 5.75 Å². The van der Waals surface area contributed by atoms with Gasteiger partial charge < -0.3 is 55.0 Å².